The summed E-state index contributed by atoms with van der Waals surface area (Å²) in [6.07, 6.45) is 2.75. The molecule has 8 heteroatoms. The second kappa shape index (κ2) is 6.38. The molecule has 0 saturated carbocycles. The SMILES string of the molecule is CCCN1CCC(NS(=O)(=O)c2sc(=O)[nH]c2C)CC1. The van der Waals surface area contributed by atoms with Crippen molar-refractivity contribution >= 4 is 21.4 Å². The van der Waals surface area contributed by atoms with Crippen molar-refractivity contribution in [3.63, 3.8) is 0 Å². The van der Waals surface area contributed by atoms with Crippen LogP contribution in [0.5, 0.6) is 0 Å². The molecule has 114 valence electrons. The number of piperidine rings is 1. The van der Waals surface area contributed by atoms with Gasteiger partial charge in [0.2, 0.25) is 0 Å². The van der Waals surface area contributed by atoms with Crippen molar-refractivity contribution in [3.8, 4) is 0 Å². The van der Waals surface area contributed by atoms with Gasteiger partial charge in [-0.3, -0.25) is 4.79 Å². The van der Waals surface area contributed by atoms with Gasteiger partial charge in [0.1, 0.15) is 0 Å². The van der Waals surface area contributed by atoms with Crippen molar-refractivity contribution in [2.45, 2.75) is 43.4 Å². The first-order valence-electron chi connectivity index (χ1n) is 6.86. The fraction of sp³-hybridized carbons (Fsp3) is 0.750. The van der Waals surface area contributed by atoms with E-state index in [-0.39, 0.29) is 15.1 Å². The topological polar surface area (TPSA) is 82.3 Å². The Morgan fingerprint density at radius 1 is 1.40 bits per heavy atom. The zero-order valence-corrected chi connectivity index (χ0v) is 13.4. The van der Waals surface area contributed by atoms with Crippen LogP contribution < -0.4 is 9.60 Å². The van der Waals surface area contributed by atoms with Crippen LogP contribution in [0.3, 0.4) is 0 Å². The molecule has 0 atom stereocenters. The summed E-state index contributed by atoms with van der Waals surface area (Å²) in [4.78, 5) is 15.8. The van der Waals surface area contributed by atoms with E-state index in [1.807, 2.05) is 0 Å². The van der Waals surface area contributed by atoms with Gasteiger partial charge in [-0.2, -0.15) is 0 Å². The number of aromatic nitrogens is 1. The number of aryl methyl sites for hydroxylation is 1. The summed E-state index contributed by atoms with van der Waals surface area (Å²) in [5.41, 5.74) is 0.413. The molecule has 6 nitrogen and oxygen atoms in total. The van der Waals surface area contributed by atoms with Crippen LogP contribution in [0, 0.1) is 6.92 Å². The van der Waals surface area contributed by atoms with Crippen LogP contribution >= 0.6 is 11.3 Å². The number of nitrogens with one attached hydrogen (secondary N) is 2. The fourth-order valence-electron chi connectivity index (χ4n) is 2.51. The van der Waals surface area contributed by atoms with Crippen LogP contribution in [-0.4, -0.2) is 44.0 Å². The Kier molecular flexibility index (Phi) is 5.00. The smallest absolute Gasteiger partial charge is 0.305 e. The highest BCUT2D eigenvalue weighted by Crippen LogP contribution is 2.18. The number of H-pyrrole nitrogens is 1. The van der Waals surface area contributed by atoms with Crippen molar-refractivity contribution in [2.75, 3.05) is 19.6 Å². The first-order valence-corrected chi connectivity index (χ1v) is 9.16. The molecule has 1 aromatic rings. The third-order valence-electron chi connectivity index (χ3n) is 3.47. The quantitative estimate of drug-likeness (QED) is 0.845. The van der Waals surface area contributed by atoms with Crippen LogP contribution in [0.4, 0.5) is 0 Å². The lowest BCUT2D eigenvalue weighted by atomic mass is 10.1. The molecule has 2 N–H and O–H groups in total. The van der Waals surface area contributed by atoms with Gasteiger partial charge in [0.25, 0.3) is 10.0 Å². The number of nitrogens with zero attached hydrogens (tertiary/aromatic N) is 1. The molecular formula is C12H21N3O3S2. The van der Waals surface area contributed by atoms with Crippen LogP contribution in [0.1, 0.15) is 31.9 Å². The summed E-state index contributed by atoms with van der Waals surface area (Å²) in [6, 6.07) is -0.0373. The van der Waals surface area contributed by atoms with Crippen molar-refractivity contribution < 1.29 is 8.42 Å². The van der Waals surface area contributed by atoms with Crippen LogP contribution in [0.2, 0.25) is 0 Å². The van der Waals surface area contributed by atoms with E-state index in [0.717, 1.165) is 50.2 Å². The van der Waals surface area contributed by atoms with Gasteiger partial charge in [0.15, 0.2) is 4.21 Å². The van der Waals surface area contributed by atoms with Gasteiger partial charge in [-0.05, 0) is 45.8 Å². The third-order valence-corrected chi connectivity index (χ3v) is 6.60. The second-order valence-electron chi connectivity index (χ2n) is 5.16. The van der Waals surface area contributed by atoms with Crippen LogP contribution in [-0.2, 0) is 10.0 Å². The van der Waals surface area contributed by atoms with Gasteiger partial charge in [0, 0.05) is 11.7 Å². The minimum absolute atomic E-state index is 0.0373. The minimum atomic E-state index is -3.58. The van der Waals surface area contributed by atoms with Gasteiger partial charge < -0.3 is 9.88 Å². The van der Waals surface area contributed by atoms with Crippen molar-refractivity contribution in [2.24, 2.45) is 0 Å². The Morgan fingerprint density at radius 2 is 2.05 bits per heavy atom. The summed E-state index contributed by atoms with van der Waals surface area (Å²) >= 11 is 0.747. The predicted octanol–water partition coefficient (Wildman–Crippen LogP) is 0.898. The Hall–Kier alpha value is -0.700. The standard InChI is InChI=1S/C12H21N3O3S2/c1-3-6-15-7-4-10(5-8-15)14-20(17,18)11-9(2)13-12(16)19-11/h10,14H,3-8H2,1-2H3,(H,13,16). The summed E-state index contributed by atoms with van der Waals surface area (Å²) in [5.74, 6) is 0. The normalized spacial score (nSPS) is 18.5. The largest absolute Gasteiger partial charge is 0.315 e. The number of likely N-dealkylation sites (tertiary alicyclic amines) is 1. The molecule has 20 heavy (non-hydrogen) atoms. The van der Waals surface area contributed by atoms with E-state index >= 15 is 0 Å². The Balaban J connectivity index is 2.00. The number of hydrogen-bond donors (Lipinski definition) is 2. The summed E-state index contributed by atoms with van der Waals surface area (Å²) in [6.45, 7) is 6.66. The van der Waals surface area contributed by atoms with Crippen LogP contribution in [0.25, 0.3) is 0 Å². The second-order valence-corrected chi connectivity index (χ2v) is 8.06. The first kappa shape index (κ1) is 15.7. The molecule has 0 aliphatic carbocycles. The molecule has 1 aromatic heterocycles. The number of rotatable bonds is 5. The van der Waals surface area contributed by atoms with Crippen LogP contribution in [0.15, 0.2) is 9.00 Å². The first-order chi connectivity index (χ1) is 9.42. The summed E-state index contributed by atoms with van der Waals surface area (Å²) < 4.78 is 27.4. The lowest BCUT2D eigenvalue weighted by Crippen LogP contribution is -2.44. The summed E-state index contributed by atoms with van der Waals surface area (Å²) in [5, 5.41) is 0. The fourth-order valence-corrected chi connectivity index (χ4v) is 5.13. The minimum Gasteiger partial charge on any atom is -0.315 e. The molecule has 0 amide bonds. The van der Waals surface area contributed by atoms with Gasteiger partial charge in [-0.15, -0.1) is 0 Å². The van der Waals surface area contributed by atoms with Gasteiger partial charge >= 0.3 is 4.87 Å². The molecule has 0 unspecified atom stereocenters. The highest BCUT2D eigenvalue weighted by molar-refractivity contribution is 7.91. The van der Waals surface area contributed by atoms with E-state index in [9.17, 15) is 13.2 Å². The average Bonchev–Trinajstić information content (AvgIpc) is 2.72. The van der Waals surface area contributed by atoms with Crippen molar-refractivity contribution in [3.05, 3.63) is 15.4 Å². The van der Waals surface area contributed by atoms with E-state index in [1.165, 1.54) is 0 Å². The average molecular weight is 319 g/mol. The van der Waals surface area contributed by atoms with E-state index in [1.54, 1.807) is 6.92 Å². The zero-order chi connectivity index (χ0) is 14.8. The highest BCUT2D eigenvalue weighted by atomic mass is 32.2. The van der Waals surface area contributed by atoms with E-state index in [0.29, 0.717) is 5.69 Å². The molecule has 1 aliphatic rings. The van der Waals surface area contributed by atoms with E-state index in [4.69, 9.17) is 0 Å². The van der Waals surface area contributed by atoms with Crippen molar-refractivity contribution in [1.82, 2.24) is 14.6 Å². The number of aromatic amines is 1. The molecule has 0 spiro atoms. The third kappa shape index (κ3) is 3.69. The number of thiazole rings is 1. The number of hydrogen-bond acceptors (Lipinski definition) is 5. The van der Waals surface area contributed by atoms with E-state index in [2.05, 4.69) is 21.5 Å². The monoisotopic (exact) mass is 319 g/mol. The lowest BCUT2D eigenvalue weighted by Gasteiger charge is -2.31. The Morgan fingerprint density at radius 3 is 2.55 bits per heavy atom. The van der Waals surface area contributed by atoms with Gasteiger partial charge in [0.05, 0.1) is 0 Å². The maximum atomic E-state index is 12.3. The maximum Gasteiger partial charge on any atom is 0.305 e. The molecular weight excluding hydrogens is 298 g/mol. The Labute approximate surface area is 123 Å². The maximum absolute atomic E-state index is 12.3. The molecule has 0 aromatic carbocycles. The Bertz CT molecular complexity index is 598. The molecule has 0 bridgehead atoms. The zero-order valence-electron chi connectivity index (χ0n) is 11.8. The van der Waals surface area contributed by atoms with Gasteiger partial charge in [-0.1, -0.05) is 18.3 Å². The van der Waals surface area contributed by atoms with Crippen molar-refractivity contribution in [1.29, 1.82) is 0 Å². The molecule has 1 aliphatic heterocycles. The molecule has 2 rings (SSSR count). The lowest BCUT2D eigenvalue weighted by molar-refractivity contribution is 0.208. The molecule has 1 saturated heterocycles. The van der Waals surface area contributed by atoms with Gasteiger partial charge in [-0.25, -0.2) is 13.1 Å². The predicted molar refractivity (Wildman–Crippen MR) is 79.8 cm³/mol. The van der Waals surface area contributed by atoms with E-state index < -0.39 is 10.0 Å². The molecule has 1 fully saturated rings. The summed E-state index contributed by atoms with van der Waals surface area (Å²) in [7, 11) is -3.58. The molecule has 2 heterocycles. The highest BCUT2D eigenvalue weighted by Gasteiger charge is 2.26. The number of sulfonamides is 1. The molecule has 0 radical (unpaired) electrons.